The van der Waals surface area contributed by atoms with Crippen molar-refractivity contribution in [2.75, 3.05) is 7.11 Å². The molecule has 14 heavy (non-hydrogen) atoms. The Kier molecular flexibility index (Phi) is 3.86. The molecule has 0 saturated carbocycles. The minimum atomic E-state index is -0.563. The van der Waals surface area contributed by atoms with Crippen molar-refractivity contribution in [2.45, 2.75) is 19.6 Å². The second-order valence-corrected chi connectivity index (χ2v) is 3.42. The molecule has 0 fully saturated rings. The Balaban J connectivity index is 2.77. The van der Waals surface area contributed by atoms with Crippen molar-refractivity contribution in [3.63, 3.8) is 0 Å². The van der Waals surface area contributed by atoms with Gasteiger partial charge in [-0.3, -0.25) is 0 Å². The monoisotopic (exact) mass is 192 g/mol. The minimum absolute atomic E-state index is 0.563. The molecule has 0 heterocycles. The molecule has 0 amide bonds. The van der Waals surface area contributed by atoms with Crippen molar-refractivity contribution in [3.05, 3.63) is 47.5 Å². The summed E-state index contributed by atoms with van der Waals surface area (Å²) in [6.45, 7) is 6.13. The molecule has 0 radical (unpaired) electrons. The highest BCUT2D eigenvalue weighted by atomic mass is 16.5. The molecule has 0 aliphatic carbocycles. The van der Waals surface area contributed by atoms with E-state index < -0.39 is 6.10 Å². The highest BCUT2D eigenvalue weighted by Crippen LogP contribution is 2.19. The number of aliphatic hydroxyl groups is 1. The van der Waals surface area contributed by atoms with Crippen LogP contribution < -0.4 is 0 Å². The standard InChI is InChI=1S/C12H16O2/c1-9(2)12(13)11-6-4-10(5-7-11)8-14-3/h4-7,12-13H,1,8H2,2-3H3. The van der Waals surface area contributed by atoms with Crippen molar-refractivity contribution >= 4 is 0 Å². The van der Waals surface area contributed by atoms with Crippen LogP contribution in [0.15, 0.2) is 36.4 Å². The van der Waals surface area contributed by atoms with Gasteiger partial charge in [-0.15, -0.1) is 0 Å². The SMILES string of the molecule is C=C(C)C(O)c1ccc(COC)cc1. The third kappa shape index (κ3) is 2.69. The van der Waals surface area contributed by atoms with E-state index in [4.69, 9.17) is 4.74 Å². The normalized spacial score (nSPS) is 12.5. The molecule has 1 rings (SSSR count). The number of ether oxygens (including phenoxy) is 1. The molecule has 1 atom stereocenters. The first-order valence-corrected chi connectivity index (χ1v) is 4.56. The summed E-state index contributed by atoms with van der Waals surface area (Å²) in [5, 5.41) is 9.69. The lowest BCUT2D eigenvalue weighted by molar-refractivity contribution is 0.184. The van der Waals surface area contributed by atoms with Crippen molar-refractivity contribution in [1.29, 1.82) is 0 Å². The van der Waals surface area contributed by atoms with E-state index in [9.17, 15) is 5.11 Å². The summed E-state index contributed by atoms with van der Waals surface area (Å²) in [5.41, 5.74) is 2.73. The third-order valence-electron chi connectivity index (χ3n) is 2.07. The van der Waals surface area contributed by atoms with Crippen LogP contribution in [-0.4, -0.2) is 12.2 Å². The van der Waals surface area contributed by atoms with Crippen LogP contribution in [0, 0.1) is 0 Å². The molecular weight excluding hydrogens is 176 g/mol. The van der Waals surface area contributed by atoms with Crippen LogP contribution in [0.4, 0.5) is 0 Å². The van der Waals surface area contributed by atoms with Gasteiger partial charge in [-0.2, -0.15) is 0 Å². The molecule has 1 N–H and O–H groups in total. The molecule has 0 bridgehead atoms. The molecule has 0 saturated heterocycles. The van der Waals surface area contributed by atoms with Gasteiger partial charge in [0, 0.05) is 7.11 Å². The smallest absolute Gasteiger partial charge is 0.0995 e. The largest absolute Gasteiger partial charge is 0.384 e. The summed E-state index contributed by atoms with van der Waals surface area (Å²) in [7, 11) is 1.66. The predicted molar refractivity (Wildman–Crippen MR) is 56.9 cm³/mol. The second kappa shape index (κ2) is 4.94. The zero-order chi connectivity index (χ0) is 10.6. The Hall–Kier alpha value is -1.12. The number of aliphatic hydroxyl groups excluding tert-OH is 1. The molecule has 1 unspecified atom stereocenters. The lowest BCUT2D eigenvalue weighted by Crippen LogP contribution is -1.98. The fraction of sp³-hybridized carbons (Fsp3) is 0.333. The Morgan fingerprint density at radius 3 is 2.43 bits per heavy atom. The van der Waals surface area contributed by atoms with Gasteiger partial charge in [0.05, 0.1) is 12.7 Å². The van der Waals surface area contributed by atoms with Gasteiger partial charge >= 0.3 is 0 Å². The van der Waals surface area contributed by atoms with Crippen LogP contribution in [-0.2, 0) is 11.3 Å². The summed E-state index contributed by atoms with van der Waals surface area (Å²) >= 11 is 0. The quantitative estimate of drug-likeness (QED) is 0.742. The van der Waals surface area contributed by atoms with Gasteiger partial charge in [0.15, 0.2) is 0 Å². The van der Waals surface area contributed by atoms with Gasteiger partial charge in [-0.25, -0.2) is 0 Å². The summed E-state index contributed by atoms with van der Waals surface area (Å²) in [6, 6.07) is 7.69. The highest BCUT2D eigenvalue weighted by molar-refractivity contribution is 5.27. The maximum absolute atomic E-state index is 9.69. The van der Waals surface area contributed by atoms with Crippen molar-refractivity contribution < 1.29 is 9.84 Å². The van der Waals surface area contributed by atoms with Gasteiger partial charge < -0.3 is 9.84 Å². The fourth-order valence-corrected chi connectivity index (χ4v) is 1.25. The number of methoxy groups -OCH3 is 1. The van der Waals surface area contributed by atoms with Crippen LogP contribution in [0.25, 0.3) is 0 Å². The first kappa shape index (κ1) is 11.0. The van der Waals surface area contributed by atoms with Gasteiger partial charge in [-0.1, -0.05) is 30.8 Å². The van der Waals surface area contributed by atoms with Gasteiger partial charge in [0.25, 0.3) is 0 Å². The molecule has 2 heteroatoms. The summed E-state index contributed by atoms with van der Waals surface area (Å²) in [4.78, 5) is 0. The Morgan fingerprint density at radius 1 is 1.43 bits per heavy atom. The molecule has 1 aromatic rings. The maximum atomic E-state index is 9.69. The number of benzene rings is 1. The second-order valence-electron chi connectivity index (χ2n) is 3.42. The number of hydrogen-bond donors (Lipinski definition) is 1. The first-order chi connectivity index (χ1) is 6.65. The minimum Gasteiger partial charge on any atom is -0.384 e. The molecule has 0 aromatic heterocycles. The van der Waals surface area contributed by atoms with E-state index >= 15 is 0 Å². The lowest BCUT2D eigenvalue weighted by atomic mass is 10.0. The molecule has 0 aliphatic rings. The highest BCUT2D eigenvalue weighted by Gasteiger charge is 2.06. The predicted octanol–water partition coefficient (Wildman–Crippen LogP) is 2.44. The van der Waals surface area contributed by atoms with Crippen LogP contribution in [0.1, 0.15) is 24.2 Å². The van der Waals surface area contributed by atoms with Crippen molar-refractivity contribution in [2.24, 2.45) is 0 Å². The molecule has 76 valence electrons. The van der Waals surface area contributed by atoms with Crippen molar-refractivity contribution in [1.82, 2.24) is 0 Å². The van der Waals surface area contributed by atoms with E-state index in [0.29, 0.717) is 6.61 Å². The molecule has 1 aromatic carbocycles. The van der Waals surface area contributed by atoms with Crippen LogP contribution in [0.5, 0.6) is 0 Å². The topological polar surface area (TPSA) is 29.5 Å². The van der Waals surface area contributed by atoms with E-state index in [-0.39, 0.29) is 0 Å². The van der Waals surface area contributed by atoms with E-state index in [1.165, 1.54) is 0 Å². The molecule has 2 nitrogen and oxygen atoms in total. The number of hydrogen-bond acceptors (Lipinski definition) is 2. The van der Waals surface area contributed by atoms with Crippen LogP contribution in [0.3, 0.4) is 0 Å². The third-order valence-corrected chi connectivity index (χ3v) is 2.07. The van der Waals surface area contributed by atoms with Crippen molar-refractivity contribution in [3.8, 4) is 0 Å². The number of rotatable bonds is 4. The Bertz CT molecular complexity index is 301. The summed E-state index contributed by atoms with van der Waals surface area (Å²) in [6.07, 6.45) is -0.563. The van der Waals surface area contributed by atoms with E-state index in [1.54, 1.807) is 7.11 Å². The van der Waals surface area contributed by atoms with E-state index in [1.807, 2.05) is 31.2 Å². The van der Waals surface area contributed by atoms with E-state index in [0.717, 1.165) is 16.7 Å². The van der Waals surface area contributed by atoms with Gasteiger partial charge in [0.2, 0.25) is 0 Å². The van der Waals surface area contributed by atoms with Gasteiger partial charge in [0.1, 0.15) is 0 Å². The maximum Gasteiger partial charge on any atom is 0.0995 e. The molecule has 0 aliphatic heterocycles. The summed E-state index contributed by atoms with van der Waals surface area (Å²) in [5.74, 6) is 0. The van der Waals surface area contributed by atoms with Gasteiger partial charge in [-0.05, 0) is 23.6 Å². The van der Waals surface area contributed by atoms with Crippen LogP contribution >= 0.6 is 0 Å². The molecule has 0 spiro atoms. The Morgan fingerprint density at radius 2 is 2.00 bits per heavy atom. The lowest BCUT2D eigenvalue weighted by Gasteiger charge is -2.10. The first-order valence-electron chi connectivity index (χ1n) is 4.56. The zero-order valence-corrected chi connectivity index (χ0v) is 8.66. The molecular formula is C12H16O2. The van der Waals surface area contributed by atoms with Crippen LogP contribution in [0.2, 0.25) is 0 Å². The average Bonchev–Trinajstić information content (AvgIpc) is 2.18. The zero-order valence-electron chi connectivity index (χ0n) is 8.66. The Labute approximate surface area is 84.8 Å². The summed E-state index contributed by atoms with van der Waals surface area (Å²) < 4.78 is 5.00. The average molecular weight is 192 g/mol. The fourth-order valence-electron chi connectivity index (χ4n) is 1.25. The van der Waals surface area contributed by atoms with E-state index in [2.05, 4.69) is 6.58 Å².